The third-order valence-electron chi connectivity index (χ3n) is 2.68. The Morgan fingerprint density at radius 2 is 2.00 bits per heavy atom. The summed E-state index contributed by atoms with van der Waals surface area (Å²) < 4.78 is 63.0. The van der Waals surface area contributed by atoms with E-state index in [-0.39, 0.29) is 23.7 Å². The molecule has 4 nitrogen and oxygen atoms in total. The summed E-state index contributed by atoms with van der Waals surface area (Å²) in [7, 11) is -4.19. The van der Waals surface area contributed by atoms with Crippen LogP contribution in [0.1, 0.15) is 17.7 Å². The van der Waals surface area contributed by atoms with Gasteiger partial charge in [-0.25, -0.2) is 8.42 Å². The molecule has 0 unspecified atom stereocenters. The lowest BCUT2D eigenvalue weighted by Crippen LogP contribution is -2.47. The zero-order valence-electron chi connectivity index (χ0n) is 8.99. The van der Waals surface area contributed by atoms with Crippen molar-refractivity contribution in [1.29, 1.82) is 0 Å². The second kappa shape index (κ2) is 4.19. The Kier molecular flexibility index (Phi) is 3.21. The first kappa shape index (κ1) is 13.8. The fourth-order valence-electron chi connectivity index (χ4n) is 1.46. The molecule has 0 radical (unpaired) electrons. The van der Waals surface area contributed by atoms with Gasteiger partial charge in [-0.15, -0.1) is 11.3 Å². The Bertz CT molecular complexity index is 546. The van der Waals surface area contributed by atoms with Gasteiger partial charge in [0.1, 0.15) is 9.75 Å². The molecule has 0 atom stereocenters. The predicted molar refractivity (Wildman–Crippen MR) is 58.6 cm³/mol. The summed E-state index contributed by atoms with van der Waals surface area (Å²) in [5.41, 5.74) is -2.31. The molecular weight excluding hydrogens is 291 g/mol. The molecule has 9 heteroatoms. The first-order chi connectivity index (χ1) is 8.20. The number of aliphatic hydroxyl groups excluding tert-OH is 1. The molecule has 2 N–H and O–H groups in total. The van der Waals surface area contributed by atoms with Crippen molar-refractivity contribution in [3.63, 3.8) is 0 Å². The lowest BCUT2D eigenvalue weighted by Gasteiger charge is -2.19. The van der Waals surface area contributed by atoms with Crippen molar-refractivity contribution in [3.8, 4) is 0 Å². The fraction of sp³-hybridized carbons (Fsp3) is 0.556. The summed E-state index contributed by atoms with van der Waals surface area (Å²) >= 11 is 0.751. The van der Waals surface area contributed by atoms with Gasteiger partial charge in [-0.2, -0.15) is 17.9 Å². The number of aliphatic hydroxyl groups is 1. The number of sulfonamides is 1. The van der Waals surface area contributed by atoms with Gasteiger partial charge in [-0.1, -0.05) is 0 Å². The summed E-state index contributed by atoms with van der Waals surface area (Å²) in [6.07, 6.45) is -5.07. The normalized spacial score (nSPS) is 18.9. The molecule has 18 heavy (non-hydrogen) atoms. The van der Waals surface area contributed by atoms with Crippen molar-refractivity contribution in [1.82, 2.24) is 4.72 Å². The third-order valence-corrected chi connectivity index (χ3v) is 5.78. The van der Waals surface area contributed by atoms with Crippen LogP contribution in [0.3, 0.4) is 0 Å². The van der Waals surface area contributed by atoms with Crippen LogP contribution in [0.25, 0.3) is 0 Å². The quantitative estimate of drug-likeness (QED) is 0.888. The van der Waals surface area contributed by atoms with Gasteiger partial charge in [0.05, 0.1) is 6.61 Å². The highest BCUT2D eigenvalue weighted by Crippen LogP contribution is 2.49. The highest BCUT2D eigenvalue weighted by atomic mass is 32.2. The van der Waals surface area contributed by atoms with Gasteiger partial charge in [-0.05, 0) is 25.0 Å². The average Bonchev–Trinajstić information content (AvgIpc) is 2.86. The van der Waals surface area contributed by atoms with Crippen molar-refractivity contribution in [2.24, 2.45) is 0 Å². The van der Waals surface area contributed by atoms with Crippen molar-refractivity contribution in [3.05, 3.63) is 17.0 Å². The average molecular weight is 301 g/mol. The second-order valence-electron chi connectivity index (χ2n) is 4.06. The van der Waals surface area contributed by atoms with E-state index in [0.29, 0.717) is 4.88 Å². The number of halogens is 3. The van der Waals surface area contributed by atoms with Gasteiger partial charge in [0, 0.05) is 4.88 Å². The molecule has 1 heterocycles. The first-order valence-electron chi connectivity index (χ1n) is 5.00. The van der Waals surface area contributed by atoms with E-state index in [1.807, 2.05) is 0 Å². The fourth-order valence-corrected chi connectivity index (χ4v) is 4.13. The maximum Gasteiger partial charge on any atom is 0.407 e. The number of thiophene rings is 1. The van der Waals surface area contributed by atoms with Gasteiger partial charge in [0.25, 0.3) is 10.0 Å². The van der Waals surface area contributed by atoms with Crippen molar-refractivity contribution < 1.29 is 26.7 Å². The van der Waals surface area contributed by atoms with Crippen LogP contribution in [0.4, 0.5) is 13.2 Å². The Balaban J connectivity index is 2.23. The van der Waals surface area contributed by atoms with E-state index in [1.165, 1.54) is 12.1 Å². The molecule has 1 saturated carbocycles. The highest BCUT2D eigenvalue weighted by Gasteiger charge is 2.65. The highest BCUT2D eigenvalue weighted by molar-refractivity contribution is 7.91. The van der Waals surface area contributed by atoms with Crippen LogP contribution in [-0.2, 0) is 16.6 Å². The van der Waals surface area contributed by atoms with Gasteiger partial charge in [0.15, 0.2) is 0 Å². The van der Waals surface area contributed by atoms with E-state index in [4.69, 9.17) is 5.11 Å². The minimum Gasteiger partial charge on any atom is -0.391 e. The van der Waals surface area contributed by atoms with Crippen LogP contribution in [0.2, 0.25) is 0 Å². The molecule has 102 valence electrons. The molecule has 2 rings (SSSR count). The monoisotopic (exact) mass is 301 g/mol. The standard InChI is InChI=1S/C9H10F3NO3S2/c10-9(11,12)8(3-4-8)13-18(15,16)7-2-1-6(5-14)17-7/h1-2,13-14H,3-5H2. The van der Waals surface area contributed by atoms with Crippen LogP contribution in [0, 0.1) is 0 Å². The van der Waals surface area contributed by atoms with Crippen molar-refractivity contribution in [2.45, 2.75) is 35.4 Å². The summed E-state index contributed by atoms with van der Waals surface area (Å²) in [5, 5.41) is 8.81. The SMILES string of the molecule is O=S(=O)(NC1(C(F)(F)F)CC1)c1ccc(CO)s1. The van der Waals surface area contributed by atoms with Gasteiger partial charge >= 0.3 is 6.18 Å². The van der Waals surface area contributed by atoms with Crippen LogP contribution >= 0.6 is 11.3 Å². The minimum atomic E-state index is -4.59. The smallest absolute Gasteiger partial charge is 0.391 e. The minimum absolute atomic E-state index is 0.220. The Labute approximate surface area is 105 Å². The summed E-state index contributed by atoms with van der Waals surface area (Å²) in [5.74, 6) is 0. The van der Waals surface area contributed by atoms with E-state index in [1.54, 1.807) is 4.72 Å². The van der Waals surface area contributed by atoms with E-state index >= 15 is 0 Å². The summed E-state index contributed by atoms with van der Waals surface area (Å²) in [6.45, 7) is -0.343. The molecule has 1 aliphatic rings. The summed E-state index contributed by atoms with van der Waals surface area (Å²) in [4.78, 5) is 0.382. The molecule has 0 amide bonds. The zero-order chi connectivity index (χ0) is 13.6. The van der Waals surface area contributed by atoms with Crippen molar-refractivity contribution in [2.75, 3.05) is 0 Å². The molecule has 0 bridgehead atoms. The largest absolute Gasteiger partial charge is 0.407 e. The topological polar surface area (TPSA) is 66.4 Å². The zero-order valence-corrected chi connectivity index (χ0v) is 10.6. The number of hydrogen-bond acceptors (Lipinski definition) is 4. The number of rotatable bonds is 4. The maximum atomic E-state index is 12.6. The van der Waals surface area contributed by atoms with Crippen LogP contribution in [0.15, 0.2) is 16.3 Å². The number of hydrogen-bond donors (Lipinski definition) is 2. The number of nitrogens with one attached hydrogen (secondary N) is 1. The number of alkyl halides is 3. The van der Waals surface area contributed by atoms with Crippen LogP contribution in [0.5, 0.6) is 0 Å². The molecule has 0 spiro atoms. The molecule has 1 aliphatic carbocycles. The molecule has 0 aliphatic heterocycles. The lowest BCUT2D eigenvalue weighted by molar-refractivity contribution is -0.160. The van der Waals surface area contributed by atoms with E-state index in [9.17, 15) is 21.6 Å². The Morgan fingerprint density at radius 1 is 1.39 bits per heavy atom. The van der Waals surface area contributed by atoms with E-state index in [2.05, 4.69) is 0 Å². The van der Waals surface area contributed by atoms with Gasteiger partial charge < -0.3 is 5.11 Å². The van der Waals surface area contributed by atoms with Crippen LogP contribution in [-0.4, -0.2) is 25.2 Å². The predicted octanol–water partition coefficient (Wildman–Crippen LogP) is 1.61. The van der Waals surface area contributed by atoms with E-state index < -0.39 is 21.7 Å². The third kappa shape index (κ3) is 2.40. The van der Waals surface area contributed by atoms with Crippen LogP contribution < -0.4 is 4.72 Å². The Morgan fingerprint density at radius 3 is 2.39 bits per heavy atom. The first-order valence-corrected chi connectivity index (χ1v) is 7.30. The maximum absolute atomic E-state index is 12.6. The second-order valence-corrected chi connectivity index (χ2v) is 7.14. The molecule has 0 aromatic carbocycles. The van der Waals surface area contributed by atoms with Crippen molar-refractivity contribution >= 4 is 21.4 Å². The van der Waals surface area contributed by atoms with Gasteiger partial charge in [-0.3, -0.25) is 0 Å². The Hall–Kier alpha value is -0.640. The van der Waals surface area contributed by atoms with Gasteiger partial charge in [0.2, 0.25) is 0 Å². The molecular formula is C9H10F3NO3S2. The molecule has 0 saturated heterocycles. The van der Waals surface area contributed by atoms with E-state index in [0.717, 1.165) is 11.3 Å². The molecule has 1 aromatic heterocycles. The summed E-state index contributed by atoms with van der Waals surface area (Å²) in [6, 6.07) is 2.55. The molecule has 1 fully saturated rings. The lowest BCUT2D eigenvalue weighted by atomic mass is 10.3. The molecule has 1 aromatic rings.